The van der Waals surface area contributed by atoms with Crippen LogP contribution in [0.1, 0.15) is 42.2 Å². The van der Waals surface area contributed by atoms with E-state index in [2.05, 4.69) is 16.9 Å². The van der Waals surface area contributed by atoms with E-state index in [1.807, 2.05) is 31.9 Å². The average molecular weight is 290 g/mol. The minimum absolute atomic E-state index is 0.0283. The number of hydrogen-bond donors (Lipinski definition) is 1. The van der Waals surface area contributed by atoms with E-state index in [-0.39, 0.29) is 11.8 Å². The van der Waals surface area contributed by atoms with E-state index in [9.17, 15) is 4.79 Å². The summed E-state index contributed by atoms with van der Waals surface area (Å²) in [5.74, 6) is 1.26. The van der Waals surface area contributed by atoms with Gasteiger partial charge in [0.25, 0.3) is 5.91 Å². The first-order valence-electron chi connectivity index (χ1n) is 7.58. The zero-order valence-corrected chi connectivity index (χ0v) is 13.5. The average Bonchev–Trinajstić information content (AvgIpc) is 2.82. The Morgan fingerprint density at radius 2 is 2.24 bits per heavy atom. The van der Waals surface area contributed by atoms with Crippen molar-refractivity contribution in [3.63, 3.8) is 0 Å². The number of carbonyl (C=O) groups is 1. The minimum atomic E-state index is 0.0283. The third-order valence-electron chi connectivity index (χ3n) is 4.07. The van der Waals surface area contributed by atoms with Gasteiger partial charge in [0.2, 0.25) is 0 Å². The number of nitrogens with two attached hydrogens (primary N) is 1. The van der Waals surface area contributed by atoms with Crippen LogP contribution in [-0.4, -0.2) is 54.4 Å². The predicted octanol–water partition coefficient (Wildman–Crippen LogP) is 1.81. The summed E-state index contributed by atoms with van der Waals surface area (Å²) in [5, 5.41) is 0. The van der Waals surface area contributed by atoms with Crippen LogP contribution in [-0.2, 0) is 0 Å². The summed E-state index contributed by atoms with van der Waals surface area (Å²) in [6.45, 7) is 7.07. The van der Waals surface area contributed by atoms with Gasteiger partial charge in [0.05, 0.1) is 0 Å². The van der Waals surface area contributed by atoms with Gasteiger partial charge in [-0.1, -0.05) is 13.8 Å². The molecular formula is C16H26N4O. The molecule has 1 fully saturated rings. The zero-order chi connectivity index (χ0) is 15.6. The van der Waals surface area contributed by atoms with Gasteiger partial charge in [0, 0.05) is 31.4 Å². The number of nitrogens with zero attached hydrogens (tertiary/aromatic N) is 3. The lowest BCUT2D eigenvalue weighted by Gasteiger charge is -2.22. The summed E-state index contributed by atoms with van der Waals surface area (Å²) in [6, 6.07) is 3.53. The molecule has 1 saturated heterocycles. The first kappa shape index (κ1) is 15.8. The zero-order valence-electron chi connectivity index (χ0n) is 13.5. The third-order valence-corrected chi connectivity index (χ3v) is 4.07. The monoisotopic (exact) mass is 290 g/mol. The Bertz CT molecular complexity index is 515. The molecule has 2 rings (SSSR count). The van der Waals surface area contributed by atoms with E-state index in [0.717, 1.165) is 31.7 Å². The van der Waals surface area contributed by atoms with Crippen molar-refractivity contribution in [3.8, 4) is 0 Å². The van der Waals surface area contributed by atoms with Crippen molar-refractivity contribution in [2.24, 2.45) is 5.92 Å². The van der Waals surface area contributed by atoms with Gasteiger partial charge in [0.15, 0.2) is 0 Å². The van der Waals surface area contributed by atoms with Gasteiger partial charge < -0.3 is 15.5 Å². The predicted molar refractivity (Wildman–Crippen MR) is 85.3 cm³/mol. The molecule has 5 heteroatoms. The summed E-state index contributed by atoms with van der Waals surface area (Å²) in [5.41, 5.74) is 7.34. The van der Waals surface area contributed by atoms with Gasteiger partial charge in [-0.3, -0.25) is 4.79 Å². The van der Waals surface area contributed by atoms with Crippen molar-refractivity contribution in [3.05, 3.63) is 23.4 Å². The van der Waals surface area contributed by atoms with Crippen LogP contribution in [0.5, 0.6) is 0 Å². The Labute approximate surface area is 127 Å². The SMILES string of the molecule is CC(C)c1cc(C(=O)N(C)CC2CCN(C)C2)cc(N)n1. The molecule has 5 nitrogen and oxygen atoms in total. The van der Waals surface area contributed by atoms with E-state index in [0.29, 0.717) is 17.3 Å². The van der Waals surface area contributed by atoms with Crippen LogP contribution in [0.2, 0.25) is 0 Å². The maximum absolute atomic E-state index is 12.6. The molecule has 2 heterocycles. The Balaban J connectivity index is 2.08. The number of aromatic nitrogens is 1. The number of pyridine rings is 1. The molecule has 1 aromatic heterocycles. The van der Waals surface area contributed by atoms with Crippen LogP contribution in [0.25, 0.3) is 0 Å². The van der Waals surface area contributed by atoms with Gasteiger partial charge in [-0.15, -0.1) is 0 Å². The van der Waals surface area contributed by atoms with Crippen LogP contribution >= 0.6 is 0 Å². The quantitative estimate of drug-likeness (QED) is 0.918. The number of rotatable bonds is 4. The fraction of sp³-hybridized carbons (Fsp3) is 0.625. The molecule has 1 aliphatic rings. The molecule has 2 N–H and O–H groups in total. The molecule has 1 atom stereocenters. The number of anilines is 1. The number of amides is 1. The Kier molecular flexibility index (Phi) is 4.83. The topological polar surface area (TPSA) is 62.5 Å². The first-order valence-corrected chi connectivity index (χ1v) is 7.58. The molecule has 0 aliphatic carbocycles. The van der Waals surface area contributed by atoms with Gasteiger partial charge >= 0.3 is 0 Å². The van der Waals surface area contributed by atoms with Gasteiger partial charge in [-0.05, 0) is 44.0 Å². The summed E-state index contributed by atoms with van der Waals surface area (Å²) >= 11 is 0. The smallest absolute Gasteiger partial charge is 0.253 e. The normalized spacial score (nSPS) is 19.2. The highest BCUT2D eigenvalue weighted by Gasteiger charge is 2.23. The molecule has 21 heavy (non-hydrogen) atoms. The van der Waals surface area contributed by atoms with Gasteiger partial charge in [-0.2, -0.15) is 0 Å². The van der Waals surface area contributed by atoms with Gasteiger partial charge in [0.1, 0.15) is 5.82 Å². The van der Waals surface area contributed by atoms with Crippen LogP contribution in [0, 0.1) is 5.92 Å². The Morgan fingerprint density at radius 3 is 2.81 bits per heavy atom. The van der Waals surface area contributed by atoms with E-state index < -0.39 is 0 Å². The molecule has 1 unspecified atom stereocenters. The Hall–Kier alpha value is -1.62. The first-order chi connectivity index (χ1) is 9.86. The van der Waals surface area contributed by atoms with Crippen LogP contribution in [0.4, 0.5) is 5.82 Å². The number of carbonyl (C=O) groups excluding carboxylic acids is 1. The second-order valence-corrected chi connectivity index (χ2v) is 6.46. The summed E-state index contributed by atoms with van der Waals surface area (Å²) in [7, 11) is 3.99. The minimum Gasteiger partial charge on any atom is -0.384 e. The molecular weight excluding hydrogens is 264 g/mol. The maximum Gasteiger partial charge on any atom is 0.253 e. The molecule has 116 valence electrons. The fourth-order valence-electron chi connectivity index (χ4n) is 2.86. The van der Waals surface area contributed by atoms with Crippen molar-refractivity contribution in [2.45, 2.75) is 26.2 Å². The molecule has 0 radical (unpaired) electrons. The summed E-state index contributed by atoms with van der Waals surface area (Å²) in [4.78, 5) is 21.0. The van der Waals surface area contributed by atoms with Crippen molar-refractivity contribution in [1.82, 2.24) is 14.8 Å². The molecule has 0 aromatic carbocycles. The van der Waals surface area contributed by atoms with Crippen molar-refractivity contribution >= 4 is 11.7 Å². The summed E-state index contributed by atoms with van der Waals surface area (Å²) in [6.07, 6.45) is 1.16. The Morgan fingerprint density at radius 1 is 1.52 bits per heavy atom. The lowest BCUT2D eigenvalue weighted by Crippen LogP contribution is -2.33. The molecule has 1 amide bonds. The highest BCUT2D eigenvalue weighted by Crippen LogP contribution is 2.19. The lowest BCUT2D eigenvalue weighted by atomic mass is 10.1. The van der Waals surface area contributed by atoms with Gasteiger partial charge in [-0.25, -0.2) is 4.98 Å². The third kappa shape index (κ3) is 3.94. The summed E-state index contributed by atoms with van der Waals surface area (Å²) < 4.78 is 0. The highest BCUT2D eigenvalue weighted by atomic mass is 16.2. The molecule has 0 saturated carbocycles. The van der Waals surface area contributed by atoms with E-state index >= 15 is 0 Å². The fourth-order valence-corrected chi connectivity index (χ4v) is 2.86. The standard InChI is InChI=1S/C16H26N4O/c1-11(2)14-7-13(8-15(17)18-14)16(21)20(4)10-12-5-6-19(3)9-12/h7-8,11-12H,5-6,9-10H2,1-4H3,(H2,17,18). The maximum atomic E-state index is 12.6. The number of nitrogen functional groups attached to an aromatic ring is 1. The van der Waals surface area contributed by atoms with Crippen molar-refractivity contribution in [2.75, 3.05) is 39.5 Å². The molecule has 1 aliphatic heterocycles. The van der Waals surface area contributed by atoms with Crippen LogP contribution < -0.4 is 5.73 Å². The number of hydrogen-bond acceptors (Lipinski definition) is 4. The van der Waals surface area contributed by atoms with Crippen molar-refractivity contribution in [1.29, 1.82) is 0 Å². The van der Waals surface area contributed by atoms with Crippen molar-refractivity contribution < 1.29 is 4.79 Å². The van der Waals surface area contributed by atoms with Crippen LogP contribution in [0.3, 0.4) is 0 Å². The molecule has 1 aromatic rings. The van der Waals surface area contributed by atoms with Crippen LogP contribution in [0.15, 0.2) is 12.1 Å². The number of likely N-dealkylation sites (tertiary alicyclic amines) is 1. The van der Waals surface area contributed by atoms with E-state index in [1.165, 1.54) is 0 Å². The lowest BCUT2D eigenvalue weighted by molar-refractivity contribution is 0.0774. The second-order valence-electron chi connectivity index (χ2n) is 6.46. The van der Waals surface area contributed by atoms with E-state index in [4.69, 9.17) is 5.73 Å². The van der Waals surface area contributed by atoms with E-state index in [1.54, 1.807) is 6.07 Å². The molecule has 0 spiro atoms. The second kappa shape index (κ2) is 6.43. The highest BCUT2D eigenvalue weighted by molar-refractivity contribution is 5.94. The largest absolute Gasteiger partial charge is 0.384 e. The molecule has 0 bridgehead atoms.